The monoisotopic (exact) mass is 281 g/mol. The van der Waals surface area contributed by atoms with Crippen molar-refractivity contribution in [1.29, 1.82) is 0 Å². The quantitative estimate of drug-likeness (QED) is 0.689. The van der Waals surface area contributed by atoms with Crippen molar-refractivity contribution in [1.82, 2.24) is 5.32 Å². The zero-order valence-corrected chi connectivity index (χ0v) is 12.7. The smallest absolute Gasteiger partial charge is 0.0386 e. The molecule has 2 aromatic carbocycles. The summed E-state index contributed by atoms with van der Waals surface area (Å²) in [6, 6.07) is 20.0. The fourth-order valence-corrected chi connectivity index (χ4v) is 3.65. The fraction of sp³-hybridized carbons (Fsp3) is 0.222. The van der Waals surface area contributed by atoms with Crippen molar-refractivity contribution in [2.75, 3.05) is 6.54 Å². The molecular weight excluding hydrogens is 262 g/mol. The minimum atomic E-state index is 0.425. The molecule has 2 heteroatoms. The van der Waals surface area contributed by atoms with Crippen LogP contribution in [0.15, 0.2) is 54.6 Å². The molecule has 0 aliphatic heterocycles. The van der Waals surface area contributed by atoms with Crippen molar-refractivity contribution >= 4 is 22.1 Å². The van der Waals surface area contributed by atoms with Crippen LogP contribution >= 0.6 is 11.3 Å². The molecule has 0 amide bonds. The summed E-state index contributed by atoms with van der Waals surface area (Å²) >= 11 is 1.89. The molecule has 1 heterocycles. The SMILES string of the molecule is CCNC(C)c1ccc(-c2cccc3ccccc23)s1. The molecule has 1 N–H and O–H groups in total. The standard InChI is InChI=1S/C18H19NS/c1-3-19-13(2)17-11-12-18(20-17)16-10-6-8-14-7-4-5-9-15(14)16/h4-13,19H,3H2,1-2H3. The Bertz CT molecular complexity index is 709. The third-order valence-corrected chi connectivity index (χ3v) is 4.92. The molecule has 0 radical (unpaired) electrons. The number of thiophene rings is 1. The zero-order valence-electron chi connectivity index (χ0n) is 11.9. The van der Waals surface area contributed by atoms with E-state index in [0.29, 0.717) is 6.04 Å². The van der Waals surface area contributed by atoms with Crippen LogP contribution in [0.4, 0.5) is 0 Å². The lowest BCUT2D eigenvalue weighted by Gasteiger charge is -2.09. The van der Waals surface area contributed by atoms with Gasteiger partial charge in [0.1, 0.15) is 0 Å². The van der Waals surface area contributed by atoms with E-state index >= 15 is 0 Å². The Balaban J connectivity index is 2.03. The molecule has 1 unspecified atom stereocenters. The molecule has 1 nitrogen and oxygen atoms in total. The largest absolute Gasteiger partial charge is 0.310 e. The van der Waals surface area contributed by atoms with Gasteiger partial charge in [-0.15, -0.1) is 11.3 Å². The second-order valence-corrected chi connectivity index (χ2v) is 6.12. The summed E-state index contributed by atoms with van der Waals surface area (Å²) in [7, 11) is 0. The van der Waals surface area contributed by atoms with E-state index in [-0.39, 0.29) is 0 Å². The molecule has 3 aromatic rings. The van der Waals surface area contributed by atoms with Crippen LogP contribution in [0.25, 0.3) is 21.2 Å². The van der Waals surface area contributed by atoms with Crippen LogP contribution in [0.1, 0.15) is 24.8 Å². The van der Waals surface area contributed by atoms with Gasteiger partial charge in [-0.1, -0.05) is 49.4 Å². The van der Waals surface area contributed by atoms with E-state index in [2.05, 4.69) is 73.8 Å². The maximum atomic E-state index is 3.47. The first-order chi connectivity index (χ1) is 9.79. The zero-order chi connectivity index (χ0) is 13.9. The first kappa shape index (κ1) is 13.3. The molecular formula is C18H19NS. The Morgan fingerprint density at radius 2 is 1.80 bits per heavy atom. The summed E-state index contributed by atoms with van der Waals surface area (Å²) in [6.45, 7) is 5.38. The first-order valence-electron chi connectivity index (χ1n) is 7.11. The highest BCUT2D eigenvalue weighted by Gasteiger charge is 2.10. The van der Waals surface area contributed by atoms with Crippen LogP contribution < -0.4 is 5.32 Å². The lowest BCUT2D eigenvalue weighted by Crippen LogP contribution is -2.16. The summed E-state index contributed by atoms with van der Waals surface area (Å²) in [5.41, 5.74) is 1.34. The van der Waals surface area contributed by atoms with Gasteiger partial charge >= 0.3 is 0 Å². The predicted molar refractivity (Wildman–Crippen MR) is 89.4 cm³/mol. The average molecular weight is 281 g/mol. The van der Waals surface area contributed by atoms with E-state index in [1.165, 1.54) is 26.1 Å². The van der Waals surface area contributed by atoms with Crippen molar-refractivity contribution < 1.29 is 0 Å². The van der Waals surface area contributed by atoms with Gasteiger partial charge in [0.05, 0.1) is 0 Å². The summed E-state index contributed by atoms with van der Waals surface area (Å²) in [5, 5.41) is 6.11. The Kier molecular flexibility index (Phi) is 3.86. The van der Waals surface area contributed by atoms with Crippen LogP contribution in [0.2, 0.25) is 0 Å². The second kappa shape index (κ2) is 5.78. The van der Waals surface area contributed by atoms with Gasteiger partial charge in [0.15, 0.2) is 0 Å². The Labute approximate surface area is 124 Å². The third kappa shape index (κ3) is 2.49. The maximum Gasteiger partial charge on any atom is 0.0386 e. The molecule has 0 saturated carbocycles. The lowest BCUT2D eigenvalue weighted by atomic mass is 10.0. The number of benzene rings is 2. The molecule has 0 aliphatic carbocycles. The molecule has 1 atom stereocenters. The molecule has 102 valence electrons. The molecule has 3 rings (SSSR count). The Morgan fingerprint density at radius 1 is 1.00 bits per heavy atom. The number of nitrogens with one attached hydrogen (secondary N) is 1. The van der Waals surface area contributed by atoms with E-state index in [0.717, 1.165) is 6.54 Å². The van der Waals surface area contributed by atoms with Crippen molar-refractivity contribution in [3.05, 3.63) is 59.5 Å². The summed E-state index contributed by atoms with van der Waals surface area (Å²) in [4.78, 5) is 2.75. The molecule has 0 aliphatic rings. The molecule has 0 bridgehead atoms. The number of hydrogen-bond acceptors (Lipinski definition) is 2. The summed E-state index contributed by atoms with van der Waals surface area (Å²) in [6.07, 6.45) is 0. The van der Waals surface area contributed by atoms with Crippen molar-refractivity contribution in [2.24, 2.45) is 0 Å². The topological polar surface area (TPSA) is 12.0 Å². The highest BCUT2D eigenvalue weighted by atomic mass is 32.1. The van der Waals surface area contributed by atoms with Gasteiger partial charge in [0.2, 0.25) is 0 Å². The van der Waals surface area contributed by atoms with Crippen LogP contribution in [0.5, 0.6) is 0 Å². The van der Waals surface area contributed by atoms with E-state index in [9.17, 15) is 0 Å². The lowest BCUT2D eigenvalue weighted by molar-refractivity contribution is 0.607. The summed E-state index contributed by atoms with van der Waals surface area (Å²) in [5.74, 6) is 0. The van der Waals surface area contributed by atoms with E-state index in [4.69, 9.17) is 0 Å². The maximum absolute atomic E-state index is 3.47. The van der Waals surface area contributed by atoms with E-state index in [1.54, 1.807) is 0 Å². The van der Waals surface area contributed by atoms with Gasteiger partial charge < -0.3 is 5.32 Å². The van der Waals surface area contributed by atoms with Gasteiger partial charge in [-0.25, -0.2) is 0 Å². The minimum absolute atomic E-state index is 0.425. The number of hydrogen-bond donors (Lipinski definition) is 1. The fourth-order valence-electron chi connectivity index (χ4n) is 2.58. The highest BCUT2D eigenvalue weighted by Crippen LogP contribution is 2.35. The van der Waals surface area contributed by atoms with Gasteiger partial charge in [-0.3, -0.25) is 0 Å². The molecule has 20 heavy (non-hydrogen) atoms. The van der Waals surface area contributed by atoms with Gasteiger partial charge in [0.25, 0.3) is 0 Å². The van der Waals surface area contributed by atoms with Crippen LogP contribution in [-0.2, 0) is 0 Å². The van der Waals surface area contributed by atoms with Gasteiger partial charge in [-0.05, 0) is 41.9 Å². The van der Waals surface area contributed by atoms with Gasteiger partial charge in [-0.2, -0.15) is 0 Å². The van der Waals surface area contributed by atoms with E-state index in [1.807, 2.05) is 11.3 Å². The van der Waals surface area contributed by atoms with Crippen LogP contribution in [0, 0.1) is 0 Å². The van der Waals surface area contributed by atoms with Crippen molar-refractivity contribution in [3.8, 4) is 10.4 Å². The highest BCUT2D eigenvalue weighted by molar-refractivity contribution is 7.15. The normalized spacial score (nSPS) is 12.7. The predicted octanol–water partition coefficient (Wildman–Crippen LogP) is 5.24. The first-order valence-corrected chi connectivity index (χ1v) is 7.92. The van der Waals surface area contributed by atoms with Crippen LogP contribution in [0.3, 0.4) is 0 Å². The molecule has 0 spiro atoms. The Hall–Kier alpha value is -1.64. The third-order valence-electron chi connectivity index (χ3n) is 3.62. The second-order valence-electron chi connectivity index (χ2n) is 5.01. The molecule has 0 saturated heterocycles. The molecule has 1 aromatic heterocycles. The van der Waals surface area contributed by atoms with Gasteiger partial charge in [0, 0.05) is 15.8 Å². The number of rotatable bonds is 4. The number of fused-ring (bicyclic) bond motifs is 1. The minimum Gasteiger partial charge on any atom is -0.310 e. The average Bonchev–Trinajstić information content (AvgIpc) is 2.97. The van der Waals surface area contributed by atoms with Crippen molar-refractivity contribution in [2.45, 2.75) is 19.9 Å². The van der Waals surface area contributed by atoms with Crippen LogP contribution in [-0.4, -0.2) is 6.54 Å². The molecule has 0 fully saturated rings. The van der Waals surface area contributed by atoms with E-state index < -0.39 is 0 Å². The summed E-state index contributed by atoms with van der Waals surface area (Å²) < 4.78 is 0. The Morgan fingerprint density at radius 3 is 2.65 bits per heavy atom. The van der Waals surface area contributed by atoms with Crippen molar-refractivity contribution in [3.63, 3.8) is 0 Å².